The fraction of sp³-hybridized carbons (Fsp3) is 0.188. The highest BCUT2D eigenvalue weighted by Gasteiger charge is 2.06. The molecule has 6 heteroatoms. The minimum atomic E-state index is -1.08. The summed E-state index contributed by atoms with van der Waals surface area (Å²) in [7, 11) is -1.08. The molecule has 1 amide bonds. The van der Waals surface area contributed by atoms with Gasteiger partial charge in [0.05, 0.1) is 16.5 Å². The van der Waals surface area contributed by atoms with Crippen LogP contribution in [0.3, 0.4) is 0 Å². The van der Waals surface area contributed by atoms with Crippen LogP contribution in [0.5, 0.6) is 0 Å². The van der Waals surface area contributed by atoms with Gasteiger partial charge in [0, 0.05) is 29.8 Å². The van der Waals surface area contributed by atoms with Crippen LogP contribution in [0, 0.1) is 5.82 Å². The number of anilines is 2. The zero-order valence-corrected chi connectivity index (χ0v) is 13.0. The summed E-state index contributed by atoms with van der Waals surface area (Å²) < 4.78 is 25.6. The summed E-state index contributed by atoms with van der Waals surface area (Å²) >= 11 is 0. The Kier molecular flexibility index (Phi) is 5.66. The highest BCUT2D eigenvalue weighted by molar-refractivity contribution is 7.85. The van der Waals surface area contributed by atoms with Crippen molar-refractivity contribution >= 4 is 28.1 Å². The molecular formula is C16H17FN2O2S. The molecule has 0 saturated heterocycles. The highest BCUT2D eigenvalue weighted by Crippen LogP contribution is 2.19. The van der Waals surface area contributed by atoms with Crippen molar-refractivity contribution in [2.75, 3.05) is 22.9 Å². The van der Waals surface area contributed by atoms with Crippen LogP contribution in [0.4, 0.5) is 15.8 Å². The molecule has 116 valence electrons. The van der Waals surface area contributed by atoms with Crippen molar-refractivity contribution in [2.45, 2.75) is 11.8 Å². The van der Waals surface area contributed by atoms with Gasteiger partial charge in [-0.05, 0) is 30.3 Å². The number of nitrogens with one attached hydrogen (secondary N) is 2. The fourth-order valence-electron chi connectivity index (χ4n) is 1.90. The molecule has 0 aliphatic carbocycles. The number of carbonyl (C=O) groups excluding carboxylic acids is 1. The lowest BCUT2D eigenvalue weighted by atomic mass is 10.2. The Hall–Kier alpha value is -2.21. The van der Waals surface area contributed by atoms with Crippen LogP contribution in [0.25, 0.3) is 0 Å². The highest BCUT2D eigenvalue weighted by atomic mass is 32.2. The maximum absolute atomic E-state index is 13.5. The third-order valence-electron chi connectivity index (χ3n) is 2.90. The molecule has 4 nitrogen and oxygen atoms in total. The van der Waals surface area contributed by atoms with Gasteiger partial charge in [0.2, 0.25) is 5.91 Å². The molecule has 2 rings (SSSR count). The maximum atomic E-state index is 13.5. The predicted molar refractivity (Wildman–Crippen MR) is 86.9 cm³/mol. The van der Waals surface area contributed by atoms with Gasteiger partial charge in [-0.25, -0.2) is 4.39 Å². The number of hydrogen-bond donors (Lipinski definition) is 2. The average molecular weight is 320 g/mol. The van der Waals surface area contributed by atoms with E-state index in [0.29, 0.717) is 18.0 Å². The van der Waals surface area contributed by atoms with Crippen LogP contribution < -0.4 is 10.6 Å². The molecule has 0 aromatic heterocycles. The molecule has 1 atom stereocenters. The number of amides is 1. The largest absolute Gasteiger partial charge is 0.384 e. The van der Waals surface area contributed by atoms with E-state index >= 15 is 0 Å². The van der Waals surface area contributed by atoms with Crippen LogP contribution >= 0.6 is 0 Å². The molecule has 22 heavy (non-hydrogen) atoms. The third kappa shape index (κ3) is 4.66. The molecule has 2 aromatic rings. The normalized spacial score (nSPS) is 11.7. The van der Waals surface area contributed by atoms with E-state index in [9.17, 15) is 13.4 Å². The van der Waals surface area contributed by atoms with E-state index in [2.05, 4.69) is 10.6 Å². The lowest BCUT2D eigenvalue weighted by Crippen LogP contribution is -2.12. The number of halogens is 1. The van der Waals surface area contributed by atoms with Gasteiger partial charge in [-0.2, -0.15) is 0 Å². The van der Waals surface area contributed by atoms with E-state index in [4.69, 9.17) is 0 Å². The van der Waals surface area contributed by atoms with Crippen molar-refractivity contribution in [3.8, 4) is 0 Å². The summed E-state index contributed by atoms with van der Waals surface area (Å²) in [5.41, 5.74) is 0.789. The van der Waals surface area contributed by atoms with Crippen LogP contribution in [-0.2, 0) is 15.6 Å². The second-order valence-electron chi connectivity index (χ2n) is 4.67. The van der Waals surface area contributed by atoms with Crippen molar-refractivity contribution in [3.63, 3.8) is 0 Å². The molecule has 0 fully saturated rings. The Balaban J connectivity index is 1.92. The summed E-state index contributed by atoms with van der Waals surface area (Å²) in [5.74, 6) is -0.383. The summed E-state index contributed by atoms with van der Waals surface area (Å²) in [4.78, 5) is 11.8. The first-order chi connectivity index (χ1) is 10.6. The Labute approximate surface area is 131 Å². The number of hydrogen-bond acceptors (Lipinski definition) is 3. The van der Waals surface area contributed by atoms with Gasteiger partial charge in [-0.1, -0.05) is 18.2 Å². The van der Waals surface area contributed by atoms with Gasteiger partial charge >= 0.3 is 0 Å². The standard InChI is InChI=1S/C16H17FN2O2S/c1-12(20)19-16-11-13(7-8-15(16)17)18-9-10-22(21)14-5-3-2-4-6-14/h2-8,11,18H,9-10H2,1H3,(H,19,20)/t22-/m1/s1. The zero-order valence-electron chi connectivity index (χ0n) is 12.1. The van der Waals surface area contributed by atoms with Crippen LogP contribution in [0.15, 0.2) is 53.4 Å². The summed E-state index contributed by atoms with van der Waals surface area (Å²) in [6.07, 6.45) is 0. The molecule has 0 saturated carbocycles. The molecule has 2 N–H and O–H groups in total. The number of carbonyl (C=O) groups is 1. The minimum absolute atomic E-state index is 0.127. The van der Waals surface area contributed by atoms with Gasteiger partial charge in [0.15, 0.2) is 0 Å². The van der Waals surface area contributed by atoms with Crippen LogP contribution in [0.2, 0.25) is 0 Å². The van der Waals surface area contributed by atoms with Crippen molar-refractivity contribution in [3.05, 3.63) is 54.3 Å². The van der Waals surface area contributed by atoms with Crippen LogP contribution in [0.1, 0.15) is 6.92 Å². The Morgan fingerprint density at radius 3 is 2.59 bits per heavy atom. The number of benzene rings is 2. The van der Waals surface area contributed by atoms with Gasteiger partial charge in [0.25, 0.3) is 0 Å². The molecule has 0 aliphatic rings. The summed E-state index contributed by atoms with van der Waals surface area (Å²) in [6.45, 7) is 1.80. The smallest absolute Gasteiger partial charge is 0.221 e. The zero-order chi connectivity index (χ0) is 15.9. The van der Waals surface area contributed by atoms with E-state index in [1.165, 1.54) is 19.1 Å². The average Bonchev–Trinajstić information content (AvgIpc) is 2.50. The second-order valence-corrected chi connectivity index (χ2v) is 6.24. The summed E-state index contributed by atoms with van der Waals surface area (Å²) in [5, 5.41) is 5.50. The lowest BCUT2D eigenvalue weighted by Gasteiger charge is -2.09. The van der Waals surface area contributed by atoms with Gasteiger partial charge < -0.3 is 10.6 Å². The first-order valence-electron chi connectivity index (χ1n) is 6.80. The van der Waals surface area contributed by atoms with E-state index in [-0.39, 0.29) is 11.6 Å². The molecular weight excluding hydrogens is 303 g/mol. The van der Waals surface area contributed by atoms with E-state index in [1.807, 2.05) is 30.3 Å². The molecule has 0 spiro atoms. The van der Waals surface area contributed by atoms with Crippen molar-refractivity contribution in [1.82, 2.24) is 0 Å². The molecule has 0 heterocycles. The molecule has 0 unspecified atom stereocenters. The van der Waals surface area contributed by atoms with Crippen molar-refractivity contribution in [2.24, 2.45) is 0 Å². The predicted octanol–water partition coefficient (Wildman–Crippen LogP) is 3.00. The van der Waals surface area contributed by atoms with Crippen molar-refractivity contribution < 1.29 is 13.4 Å². The van der Waals surface area contributed by atoms with E-state index < -0.39 is 16.6 Å². The van der Waals surface area contributed by atoms with Gasteiger partial charge in [0.1, 0.15) is 5.82 Å². The quantitative estimate of drug-likeness (QED) is 0.860. The molecule has 0 aliphatic heterocycles. The van der Waals surface area contributed by atoms with Crippen molar-refractivity contribution in [1.29, 1.82) is 0 Å². The lowest BCUT2D eigenvalue weighted by molar-refractivity contribution is -0.114. The van der Waals surface area contributed by atoms with E-state index in [1.54, 1.807) is 6.07 Å². The van der Waals surface area contributed by atoms with E-state index in [0.717, 1.165) is 4.90 Å². The SMILES string of the molecule is CC(=O)Nc1cc(NCC[S@@](=O)c2ccccc2)ccc1F. The number of rotatable bonds is 6. The Morgan fingerprint density at radius 1 is 1.18 bits per heavy atom. The van der Waals surface area contributed by atoms with Crippen LogP contribution in [-0.4, -0.2) is 22.4 Å². The first-order valence-corrected chi connectivity index (χ1v) is 8.12. The second kappa shape index (κ2) is 7.70. The Bertz CT molecular complexity index is 677. The van der Waals surface area contributed by atoms with Gasteiger partial charge in [-0.15, -0.1) is 0 Å². The van der Waals surface area contributed by atoms with Gasteiger partial charge in [-0.3, -0.25) is 9.00 Å². The summed E-state index contributed by atoms with van der Waals surface area (Å²) in [6, 6.07) is 13.6. The molecule has 0 radical (unpaired) electrons. The monoisotopic (exact) mass is 320 g/mol. The first kappa shape index (κ1) is 16.2. The topological polar surface area (TPSA) is 58.2 Å². The Morgan fingerprint density at radius 2 is 1.91 bits per heavy atom. The maximum Gasteiger partial charge on any atom is 0.221 e. The third-order valence-corrected chi connectivity index (χ3v) is 4.27. The molecule has 0 bridgehead atoms. The molecule has 2 aromatic carbocycles. The minimum Gasteiger partial charge on any atom is -0.384 e. The fourth-order valence-corrected chi connectivity index (χ4v) is 2.88.